The van der Waals surface area contributed by atoms with Gasteiger partial charge in [-0.3, -0.25) is 4.55 Å². The van der Waals surface area contributed by atoms with Gasteiger partial charge >= 0.3 is 29.6 Å². The molecule has 0 saturated carbocycles. The minimum Gasteiger partial charge on any atom is -0.872 e. The molecular formula is C22H29NaO5S. The van der Waals surface area contributed by atoms with Crippen molar-refractivity contribution in [3.63, 3.8) is 0 Å². The first-order chi connectivity index (χ1) is 13.4. The molecule has 0 unspecified atom stereocenters. The fourth-order valence-corrected chi connectivity index (χ4v) is 3.69. The van der Waals surface area contributed by atoms with E-state index in [1.54, 1.807) is 12.1 Å². The second kappa shape index (κ2) is 13.3. The maximum Gasteiger partial charge on any atom is 1.00 e. The number of ether oxygens (including phenoxy) is 1. The molecule has 2 aromatic carbocycles. The summed E-state index contributed by atoms with van der Waals surface area (Å²) in [7, 11) is -4.41. The Hall–Kier alpha value is -1.05. The third-order valence-corrected chi connectivity index (χ3v) is 5.55. The van der Waals surface area contributed by atoms with Crippen molar-refractivity contribution < 1.29 is 52.4 Å². The van der Waals surface area contributed by atoms with Gasteiger partial charge in [-0.2, -0.15) is 8.42 Å². The van der Waals surface area contributed by atoms with Gasteiger partial charge in [0, 0.05) is 0 Å². The number of hydrogen-bond acceptors (Lipinski definition) is 4. The third kappa shape index (κ3) is 9.53. The van der Waals surface area contributed by atoms with Crippen molar-refractivity contribution in [1.29, 1.82) is 0 Å². The zero-order valence-corrected chi connectivity index (χ0v) is 20.2. The Morgan fingerprint density at radius 2 is 1.48 bits per heavy atom. The average molecular weight is 429 g/mol. The third-order valence-electron chi connectivity index (χ3n) is 4.66. The van der Waals surface area contributed by atoms with Gasteiger partial charge in [-0.25, -0.2) is 0 Å². The van der Waals surface area contributed by atoms with Crippen LogP contribution < -0.4 is 39.4 Å². The Morgan fingerprint density at radius 1 is 0.897 bits per heavy atom. The summed E-state index contributed by atoms with van der Waals surface area (Å²) in [6, 6.07) is 10.3. The second-order valence-corrected chi connectivity index (χ2v) is 8.44. The van der Waals surface area contributed by atoms with E-state index in [9.17, 15) is 18.1 Å². The van der Waals surface area contributed by atoms with Crippen LogP contribution in [-0.4, -0.2) is 13.0 Å². The summed E-state index contributed by atoms with van der Waals surface area (Å²) in [6.45, 7) is 2.21. The molecular weight excluding hydrogens is 399 g/mol. The Balaban J connectivity index is 0.00000420. The van der Waals surface area contributed by atoms with E-state index >= 15 is 0 Å². The van der Waals surface area contributed by atoms with Crippen molar-refractivity contribution in [1.82, 2.24) is 0 Å². The Morgan fingerprint density at radius 3 is 2.07 bits per heavy atom. The summed E-state index contributed by atoms with van der Waals surface area (Å²) < 4.78 is 38.4. The van der Waals surface area contributed by atoms with Gasteiger partial charge in [0.1, 0.15) is 16.4 Å². The molecule has 29 heavy (non-hydrogen) atoms. The van der Waals surface area contributed by atoms with E-state index in [0.717, 1.165) is 24.8 Å². The molecule has 7 heteroatoms. The molecule has 0 aliphatic carbocycles. The first kappa shape index (κ1) is 26.0. The Kier molecular flexibility index (Phi) is 11.9. The van der Waals surface area contributed by atoms with Crippen molar-refractivity contribution in [2.75, 3.05) is 0 Å². The van der Waals surface area contributed by atoms with E-state index in [2.05, 4.69) is 6.92 Å². The minimum absolute atomic E-state index is 0. The molecule has 0 atom stereocenters. The number of hydrogen-bond donors (Lipinski definition) is 1. The van der Waals surface area contributed by atoms with Gasteiger partial charge in [0.05, 0.1) is 0 Å². The van der Waals surface area contributed by atoms with Crippen LogP contribution in [0, 0.1) is 0 Å². The fourth-order valence-electron chi connectivity index (χ4n) is 3.10. The van der Waals surface area contributed by atoms with E-state index in [0.29, 0.717) is 5.75 Å². The first-order valence-electron chi connectivity index (χ1n) is 9.95. The topological polar surface area (TPSA) is 86.7 Å². The van der Waals surface area contributed by atoms with Crippen LogP contribution in [0.15, 0.2) is 47.4 Å². The molecule has 0 aliphatic rings. The van der Waals surface area contributed by atoms with Gasteiger partial charge in [-0.05, 0) is 42.7 Å². The van der Waals surface area contributed by atoms with E-state index in [1.807, 2.05) is 0 Å². The number of benzene rings is 2. The predicted octanol–water partition coefficient (Wildman–Crippen LogP) is 2.49. The van der Waals surface area contributed by atoms with Gasteiger partial charge in [0.25, 0.3) is 10.1 Å². The van der Waals surface area contributed by atoms with Crippen LogP contribution in [0.5, 0.6) is 17.2 Å². The van der Waals surface area contributed by atoms with Gasteiger partial charge in [-0.15, -0.1) is 5.75 Å². The molecule has 0 aromatic heterocycles. The number of rotatable bonds is 12. The summed E-state index contributed by atoms with van der Waals surface area (Å²) >= 11 is 0. The molecule has 0 spiro atoms. The standard InChI is InChI=1S/C22H30O5S.Na/c1-2-3-4-5-6-7-8-9-10-18-11-16-22(28(24,25)26)21(17-18)27-20-14-12-19(23)13-15-20;/h11-17,23H,2-10H2,1H3,(H,24,25,26);/q;+1/p-1. The minimum atomic E-state index is -4.41. The molecule has 0 radical (unpaired) electrons. The van der Waals surface area contributed by atoms with Crippen LogP contribution in [0.1, 0.15) is 63.9 Å². The van der Waals surface area contributed by atoms with E-state index in [-0.39, 0.29) is 46.0 Å². The largest absolute Gasteiger partial charge is 1.00 e. The van der Waals surface area contributed by atoms with Crippen LogP contribution in [0.2, 0.25) is 0 Å². The number of unbranched alkanes of at least 4 members (excludes halogenated alkanes) is 7. The van der Waals surface area contributed by atoms with Gasteiger partial charge in [-0.1, -0.05) is 70.1 Å². The second-order valence-electron chi connectivity index (χ2n) is 7.05. The Bertz CT molecular complexity index is 835. The number of aryl methyl sites for hydroxylation is 1. The maximum atomic E-state index is 11.6. The van der Waals surface area contributed by atoms with Gasteiger partial charge in [0.2, 0.25) is 0 Å². The van der Waals surface area contributed by atoms with E-state index < -0.39 is 10.1 Å². The van der Waals surface area contributed by atoms with E-state index in [4.69, 9.17) is 4.74 Å². The van der Waals surface area contributed by atoms with Crippen molar-refractivity contribution >= 4 is 10.1 Å². The molecule has 2 aromatic rings. The smallest absolute Gasteiger partial charge is 0.872 e. The molecule has 0 bridgehead atoms. The van der Waals surface area contributed by atoms with Crippen LogP contribution in [0.4, 0.5) is 0 Å². The van der Waals surface area contributed by atoms with E-state index in [1.165, 1.54) is 68.9 Å². The summed E-state index contributed by atoms with van der Waals surface area (Å²) in [5.41, 5.74) is 0.953. The quantitative estimate of drug-likeness (QED) is 0.319. The SMILES string of the molecule is CCCCCCCCCCc1ccc(S(=O)(=O)O)c(Oc2ccc([O-])cc2)c1.[Na+]. The molecule has 5 nitrogen and oxygen atoms in total. The van der Waals surface area contributed by atoms with Crippen molar-refractivity contribution in [3.05, 3.63) is 48.0 Å². The fraction of sp³-hybridized carbons (Fsp3) is 0.455. The van der Waals surface area contributed by atoms with Crippen LogP contribution in [-0.2, 0) is 16.5 Å². The summed E-state index contributed by atoms with van der Waals surface area (Å²) in [6.07, 6.45) is 10.6. The van der Waals surface area contributed by atoms with Crippen LogP contribution in [0.3, 0.4) is 0 Å². The van der Waals surface area contributed by atoms with Crippen LogP contribution >= 0.6 is 0 Å². The molecule has 2 rings (SSSR count). The molecule has 154 valence electrons. The van der Waals surface area contributed by atoms with Gasteiger partial charge < -0.3 is 9.84 Å². The summed E-state index contributed by atoms with van der Waals surface area (Å²) in [4.78, 5) is -0.279. The summed E-state index contributed by atoms with van der Waals surface area (Å²) in [5.74, 6) is 0.248. The molecule has 0 aliphatic heterocycles. The zero-order valence-electron chi connectivity index (χ0n) is 17.4. The molecule has 0 amide bonds. The van der Waals surface area contributed by atoms with Crippen LogP contribution in [0.25, 0.3) is 0 Å². The average Bonchev–Trinajstić information content (AvgIpc) is 2.65. The first-order valence-corrected chi connectivity index (χ1v) is 11.4. The van der Waals surface area contributed by atoms with Crippen molar-refractivity contribution in [2.24, 2.45) is 0 Å². The zero-order chi connectivity index (χ0) is 20.4. The maximum absolute atomic E-state index is 11.6. The monoisotopic (exact) mass is 428 g/mol. The summed E-state index contributed by atoms with van der Waals surface area (Å²) in [5, 5.41) is 11.2. The predicted molar refractivity (Wildman–Crippen MR) is 109 cm³/mol. The molecule has 1 N–H and O–H groups in total. The van der Waals surface area contributed by atoms with Crippen molar-refractivity contribution in [2.45, 2.75) is 69.6 Å². The van der Waals surface area contributed by atoms with Gasteiger partial charge in [0.15, 0.2) is 0 Å². The molecule has 0 saturated heterocycles. The normalized spacial score (nSPS) is 11.1. The molecule has 0 fully saturated rings. The Labute approximate surface area is 196 Å². The molecule has 0 heterocycles. The van der Waals surface area contributed by atoms with Crippen molar-refractivity contribution in [3.8, 4) is 17.2 Å².